The predicted molar refractivity (Wildman–Crippen MR) is 64.7 cm³/mol. The second kappa shape index (κ2) is 8.98. The number of methoxy groups -OCH3 is 1. The van der Waals surface area contributed by atoms with Gasteiger partial charge in [0.15, 0.2) is 6.10 Å². The van der Waals surface area contributed by atoms with E-state index in [1.807, 2.05) is 6.92 Å². The summed E-state index contributed by atoms with van der Waals surface area (Å²) < 4.78 is 4.74. The Bertz CT molecular complexity index is 243. The van der Waals surface area contributed by atoms with Crippen molar-refractivity contribution in [2.24, 2.45) is 5.92 Å². The first kappa shape index (κ1) is 15.9. The Balaban J connectivity index is 4.08. The third-order valence-corrected chi connectivity index (χ3v) is 2.79. The highest BCUT2D eigenvalue weighted by molar-refractivity contribution is 5.80. The Kier molecular flexibility index (Phi) is 8.40. The second-order valence-corrected chi connectivity index (χ2v) is 4.06. The third kappa shape index (κ3) is 6.26. The van der Waals surface area contributed by atoms with Crippen LogP contribution in [0.2, 0.25) is 0 Å². The summed E-state index contributed by atoms with van der Waals surface area (Å²) in [6, 6.07) is 0. The summed E-state index contributed by atoms with van der Waals surface area (Å²) in [6.07, 6.45) is 2.72. The average molecular weight is 245 g/mol. The van der Waals surface area contributed by atoms with Gasteiger partial charge >= 0.3 is 5.97 Å². The van der Waals surface area contributed by atoms with Crippen LogP contribution in [0.4, 0.5) is 0 Å². The Labute approximate surface area is 103 Å². The minimum atomic E-state index is -1.06. The van der Waals surface area contributed by atoms with Crippen molar-refractivity contribution in [1.82, 2.24) is 5.32 Å². The lowest BCUT2D eigenvalue weighted by atomic mass is 9.98. The molecule has 5 nitrogen and oxygen atoms in total. The number of rotatable bonds is 9. The molecule has 2 N–H and O–H groups in total. The monoisotopic (exact) mass is 245 g/mol. The third-order valence-electron chi connectivity index (χ3n) is 2.79. The number of carbonyl (C=O) groups excluding carboxylic acids is 1. The van der Waals surface area contributed by atoms with E-state index < -0.39 is 12.1 Å². The lowest BCUT2D eigenvalue weighted by molar-refractivity contribution is -0.148. The van der Waals surface area contributed by atoms with E-state index in [0.717, 1.165) is 25.7 Å². The number of carboxylic acids is 1. The van der Waals surface area contributed by atoms with Gasteiger partial charge in [0.05, 0.1) is 6.54 Å². The zero-order chi connectivity index (χ0) is 13.3. The predicted octanol–water partition coefficient (Wildman–Crippen LogP) is 1.42. The fraction of sp³-hybridized carbons (Fsp3) is 0.833. The van der Waals surface area contributed by atoms with Crippen LogP contribution in [0.25, 0.3) is 0 Å². The van der Waals surface area contributed by atoms with E-state index in [9.17, 15) is 9.59 Å². The van der Waals surface area contributed by atoms with Crippen LogP contribution in [0.3, 0.4) is 0 Å². The molecule has 0 aliphatic rings. The molecule has 0 radical (unpaired) electrons. The summed E-state index contributed by atoms with van der Waals surface area (Å²) in [7, 11) is 1.32. The van der Waals surface area contributed by atoms with E-state index in [-0.39, 0.29) is 18.4 Å². The van der Waals surface area contributed by atoms with Gasteiger partial charge < -0.3 is 15.2 Å². The molecule has 100 valence electrons. The van der Waals surface area contributed by atoms with Crippen LogP contribution in [-0.2, 0) is 14.3 Å². The molecule has 0 spiro atoms. The number of unbranched alkanes of at least 4 members (excludes halogenated alkanes) is 1. The van der Waals surface area contributed by atoms with Gasteiger partial charge in [-0.3, -0.25) is 4.79 Å². The molecule has 0 saturated heterocycles. The zero-order valence-corrected chi connectivity index (χ0v) is 10.9. The summed E-state index contributed by atoms with van der Waals surface area (Å²) in [5, 5.41) is 11.4. The van der Waals surface area contributed by atoms with E-state index in [1.54, 1.807) is 0 Å². The van der Waals surface area contributed by atoms with Crippen LogP contribution in [0.5, 0.6) is 0 Å². The summed E-state index contributed by atoms with van der Waals surface area (Å²) >= 11 is 0. The fourth-order valence-electron chi connectivity index (χ4n) is 1.58. The molecule has 17 heavy (non-hydrogen) atoms. The van der Waals surface area contributed by atoms with E-state index in [1.165, 1.54) is 7.11 Å². The van der Waals surface area contributed by atoms with Crippen molar-refractivity contribution in [1.29, 1.82) is 0 Å². The molecule has 0 heterocycles. The first-order chi connectivity index (χ1) is 8.06. The summed E-state index contributed by atoms with van der Waals surface area (Å²) in [5.41, 5.74) is 0. The van der Waals surface area contributed by atoms with Crippen molar-refractivity contribution in [2.45, 2.75) is 45.6 Å². The van der Waals surface area contributed by atoms with Crippen molar-refractivity contribution in [3.63, 3.8) is 0 Å². The maximum Gasteiger partial charge on any atom is 0.334 e. The van der Waals surface area contributed by atoms with Gasteiger partial charge in [0.1, 0.15) is 0 Å². The minimum Gasteiger partial charge on any atom is -0.479 e. The molecule has 0 aromatic heterocycles. The van der Waals surface area contributed by atoms with Crippen LogP contribution in [0.15, 0.2) is 0 Å². The van der Waals surface area contributed by atoms with Crippen molar-refractivity contribution in [3.05, 3.63) is 0 Å². The molecule has 0 bridgehead atoms. The van der Waals surface area contributed by atoms with Crippen molar-refractivity contribution >= 4 is 11.9 Å². The Morgan fingerprint density at radius 1 is 1.35 bits per heavy atom. The van der Waals surface area contributed by atoms with Crippen LogP contribution < -0.4 is 5.32 Å². The number of hydrogen-bond donors (Lipinski definition) is 2. The first-order valence-electron chi connectivity index (χ1n) is 6.10. The molecule has 0 fully saturated rings. The zero-order valence-electron chi connectivity index (χ0n) is 10.9. The highest BCUT2D eigenvalue weighted by Crippen LogP contribution is 2.12. The van der Waals surface area contributed by atoms with Crippen LogP contribution in [0.1, 0.15) is 39.5 Å². The highest BCUT2D eigenvalue weighted by atomic mass is 16.5. The molecule has 0 aromatic rings. The molecule has 0 aliphatic carbocycles. The van der Waals surface area contributed by atoms with Crippen LogP contribution in [-0.4, -0.2) is 36.7 Å². The molecule has 0 saturated carbocycles. The molecule has 0 aliphatic heterocycles. The van der Waals surface area contributed by atoms with Gasteiger partial charge in [-0.05, 0) is 12.8 Å². The van der Waals surface area contributed by atoms with Gasteiger partial charge in [-0.1, -0.05) is 26.7 Å². The first-order valence-corrected chi connectivity index (χ1v) is 6.10. The molecule has 5 heteroatoms. The SMILES string of the molecule is CCCCC(CC)C(=O)NCC(OC)C(=O)O. The molecule has 0 aromatic carbocycles. The molecule has 1 amide bonds. The lowest BCUT2D eigenvalue weighted by Gasteiger charge is -2.16. The van der Waals surface area contributed by atoms with Gasteiger partial charge in [-0.2, -0.15) is 0 Å². The lowest BCUT2D eigenvalue weighted by Crippen LogP contribution is -2.40. The largest absolute Gasteiger partial charge is 0.479 e. The standard InChI is InChI=1S/C12H23NO4/c1-4-6-7-9(5-2)11(14)13-8-10(17-3)12(15)16/h9-10H,4-8H2,1-3H3,(H,13,14)(H,15,16). The number of amides is 1. The highest BCUT2D eigenvalue weighted by Gasteiger charge is 2.20. The Hall–Kier alpha value is -1.10. The van der Waals surface area contributed by atoms with Crippen molar-refractivity contribution in [2.75, 3.05) is 13.7 Å². The number of aliphatic carboxylic acids is 1. The Morgan fingerprint density at radius 2 is 2.00 bits per heavy atom. The number of nitrogens with one attached hydrogen (secondary N) is 1. The number of hydrogen-bond acceptors (Lipinski definition) is 3. The summed E-state index contributed by atoms with van der Waals surface area (Å²) in [5.74, 6) is -1.17. The number of carboxylic acid groups (broad SMARTS) is 1. The normalized spacial score (nSPS) is 14.1. The molecule has 2 atom stereocenters. The quantitative estimate of drug-likeness (QED) is 0.644. The smallest absolute Gasteiger partial charge is 0.334 e. The number of ether oxygens (including phenoxy) is 1. The maximum atomic E-state index is 11.8. The number of carbonyl (C=O) groups is 2. The van der Waals surface area contributed by atoms with E-state index >= 15 is 0 Å². The topological polar surface area (TPSA) is 75.6 Å². The van der Waals surface area contributed by atoms with Gasteiger partial charge in [-0.25, -0.2) is 4.79 Å². The molecular weight excluding hydrogens is 222 g/mol. The van der Waals surface area contributed by atoms with Crippen molar-refractivity contribution < 1.29 is 19.4 Å². The van der Waals surface area contributed by atoms with Gasteiger partial charge in [0.25, 0.3) is 0 Å². The van der Waals surface area contributed by atoms with Crippen LogP contribution in [0, 0.1) is 5.92 Å². The van der Waals surface area contributed by atoms with E-state index in [4.69, 9.17) is 9.84 Å². The Morgan fingerprint density at radius 3 is 2.41 bits per heavy atom. The molecule has 2 unspecified atom stereocenters. The van der Waals surface area contributed by atoms with E-state index in [0.29, 0.717) is 0 Å². The van der Waals surface area contributed by atoms with Gasteiger partial charge in [0.2, 0.25) is 5.91 Å². The molecular formula is C12H23NO4. The van der Waals surface area contributed by atoms with E-state index in [2.05, 4.69) is 12.2 Å². The minimum absolute atomic E-state index is 0.0211. The summed E-state index contributed by atoms with van der Waals surface area (Å²) in [4.78, 5) is 22.4. The van der Waals surface area contributed by atoms with Gasteiger partial charge in [0, 0.05) is 13.0 Å². The maximum absolute atomic E-state index is 11.8. The average Bonchev–Trinajstić information content (AvgIpc) is 2.30. The van der Waals surface area contributed by atoms with Crippen molar-refractivity contribution in [3.8, 4) is 0 Å². The fourth-order valence-corrected chi connectivity index (χ4v) is 1.58. The second-order valence-electron chi connectivity index (χ2n) is 4.06. The molecule has 0 rings (SSSR count). The summed E-state index contributed by atoms with van der Waals surface area (Å²) in [6.45, 7) is 4.06. The van der Waals surface area contributed by atoms with Crippen LogP contribution >= 0.6 is 0 Å². The van der Waals surface area contributed by atoms with Gasteiger partial charge in [-0.15, -0.1) is 0 Å².